The number of nitrogens with zero attached hydrogens (tertiary/aromatic N) is 2. The van der Waals surface area contributed by atoms with Crippen LogP contribution in [0.2, 0.25) is 0 Å². The fourth-order valence-electron chi connectivity index (χ4n) is 2.11. The second kappa shape index (κ2) is 5.14. The zero-order valence-corrected chi connectivity index (χ0v) is 11.2. The fraction of sp³-hybridized carbons (Fsp3) is 0.286. The first-order valence-electron chi connectivity index (χ1n) is 5.93. The minimum absolute atomic E-state index is 0.316. The molecule has 0 bridgehead atoms. The topological polar surface area (TPSA) is 53.2 Å². The Morgan fingerprint density at radius 1 is 1.05 bits per heavy atom. The highest BCUT2D eigenvalue weighted by atomic mass is 16.5. The summed E-state index contributed by atoms with van der Waals surface area (Å²) in [5.74, 6) is 0.317. The van der Waals surface area contributed by atoms with Gasteiger partial charge in [0.25, 0.3) is 5.56 Å². The van der Waals surface area contributed by atoms with Gasteiger partial charge in [0.15, 0.2) is 0 Å². The van der Waals surface area contributed by atoms with Crippen molar-refractivity contribution in [3.63, 3.8) is 0 Å². The third-order valence-electron chi connectivity index (χ3n) is 3.12. The van der Waals surface area contributed by atoms with E-state index in [0.29, 0.717) is 17.9 Å². The summed E-state index contributed by atoms with van der Waals surface area (Å²) in [7, 11) is 4.52. The molecule has 0 radical (unpaired) electrons. The molecule has 0 fully saturated rings. The molecule has 0 aliphatic heterocycles. The monoisotopic (exact) mass is 260 g/mol. The minimum atomic E-state index is -0.390. The predicted molar refractivity (Wildman–Crippen MR) is 72.7 cm³/mol. The first-order chi connectivity index (χ1) is 9.06. The van der Waals surface area contributed by atoms with Crippen molar-refractivity contribution in [1.29, 1.82) is 0 Å². The van der Waals surface area contributed by atoms with Crippen LogP contribution in [0.1, 0.15) is 11.1 Å². The first-order valence-corrected chi connectivity index (χ1v) is 5.93. The van der Waals surface area contributed by atoms with Gasteiger partial charge in [-0.1, -0.05) is 30.3 Å². The van der Waals surface area contributed by atoms with Crippen molar-refractivity contribution in [3.05, 3.63) is 62.3 Å². The lowest BCUT2D eigenvalue weighted by atomic mass is 10.1. The van der Waals surface area contributed by atoms with Crippen LogP contribution in [0.4, 0.5) is 0 Å². The Hall–Kier alpha value is -2.30. The van der Waals surface area contributed by atoms with Gasteiger partial charge >= 0.3 is 5.69 Å². The maximum Gasteiger partial charge on any atom is 0.333 e. The third-order valence-corrected chi connectivity index (χ3v) is 3.12. The Morgan fingerprint density at radius 2 is 1.68 bits per heavy atom. The Bertz CT molecular complexity index is 699. The molecule has 0 atom stereocenters. The highest BCUT2D eigenvalue weighted by Crippen LogP contribution is 2.15. The number of aromatic nitrogens is 2. The normalized spacial score (nSPS) is 10.5. The summed E-state index contributed by atoms with van der Waals surface area (Å²) < 4.78 is 7.66. The van der Waals surface area contributed by atoms with E-state index in [1.165, 1.54) is 18.7 Å². The van der Waals surface area contributed by atoms with Crippen molar-refractivity contribution in [2.24, 2.45) is 14.1 Å². The van der Waals surface area contributed by atoms with Crippen LogP contribution >= 0.6 is 0 Å². The van der Waals surface area contributed by atoms with Crippen molar-refractivity contribution in [3.8, 4) is 5.88 Å². The van der Waals surface area contributed by atoms with Crippen molar-refractivity contribution < 1.29 is 4.74 Å². The van der Waals surface area contributed by atoms with Gasteiger partial charge in [-0.25, -0.2) is 4.79 Å². The van der Waals surface area contributed by atoms with Gasteiger partial charge in [-0.3, -0.25) is 13.9 Å². The van der Waals surface area contributed by atoms with Gasteiger partial charge < -0.3 is 4.74 Å². The molecule has 19 heavy (non-hydrogen) atoms. The molecule has 0 aliphatic carbocycles. The molecule has 0 saturated carbocycles. The average molecular weight is 260 g/mol. The molecule has 2 aromatic rings. The second-order valence-corrected chi connectivity index (χ2v) is 4.36. The summed E-state index contributed by atoms with van der Waals surface area (Å²) in [6.45, 7) is 0. The van der Waals surface area contributed by atoms with Crippen LogP contribution in [0.3, 0.4) is 0 Å². The van der Waals surface area contributed by atoms with Crippen LogP contribution in [0.15, 0.2) is 39.9 Å². The standard InChI is InChI=1S/C14H16N2O3/c1-15-12(17)11(9-10-7-5-4-6-8-10)13(19-3)16(2)14(15)18/h4-8H,9H2,1-3H3. The summed E-state index contributed by atoms with van der Waals surface area (Å²) in [4.78, 5) is 24.0. The van der Waals surface area contributed by atoms with Crippen molar-refractivity contribution >= 4 is 0 Å². The van der Waals surface area contributed by atoms with Crippen molar-refractivity contribution in [1.82, 2.24) is 9.13 Å². The maximum atomic E-state index is 12.2. The smallest absolute Gasteiger partial charge is 0.333 e. The molecule has 5 nitrogen and oxygen atoms in total. The Labute approximate surface area is 110 Å². The van der Waals surface area contributed by atoms with Gasteiger partial charge in [-0.2, -0.15) is 0 Å². The molecule has 0 N–H and O–H groups in total. The van der Waals surface area contributed by atoms with Crippen molar-refractivity contribution in [2.45, 2.75) is 6.42 Å². The van der Waals surface area contributed by atoms with Gasteiger partial charge in [0.1, 0.15) is 0 Å². The second-order valence-electron chi connectivity index (χ2n) is 4.36. The lowest BCUT2D eigenvalue weighted by molar-refractivity contribution is 0.363. The largest absolute Gasteiger partial charge is 0.482 e. The summed E-state index contributed by atoms with van der Waals surface area (Å²) in [5, 5.41) is 0. The van der Waals surface area contributed by atoms with Gasteiger partial charge in [0.2, 0.25) is 5.88 Å². The van der Waals surface area contributed by atoms with Crippen molar-refractivity contribution in [2.75, 3.05) is 7.11 Å². The average Bonchev–Trinajstić information content (AvgIpc) is 2.44. The van der Waals surface area contributed by atoms with Crippen LogP contribution in [0, 0.1) is 0 Å². The van der Waals surface area contributed by atoms with E-state index in [1.807, 2.05) is 30.3 Å². The predicted octanol–water partition coefficient (Wildman–Crippen LogP) is 0.683. The molecular formula is C14H16N2O3. The summed E-state index contributed by atoms with van der Waals surface area (Å²) in [6.07, 6.45) is 0.435. The maximum absolute atomic E-state index is 12.2. The van der Waals surface area contributed by atoms with E-state index in [2.05, 4.69) is 0 Å². The SMILES string of the molecule is COc1c(Cc2ccccc2)c(=O)n(C)c(=O)n1C. The molecule has 0 unspecified atom stereocenters. The van der Waals surface area contributed by atoms with E-state index >= 15 is 0 Å². The number of rotatable bonds is 3. The number of benzene rings is 1. The zero-order chi connectivity index (χ0) is 14.0. The van der Waals surface area contributed by atoms with Crippen LogP contribution in [-0.4, -0.2) is 16.2 Å². The molecule has 1 aromatic heterocycles. The molecule has 0 spiro atoms. The van der Waals surface area contributed by atoms with E-state index in [-0.39, 0.29) is 5.56 Å². The summed E-state index contributed by atoms with van der Waals surface area (Å²) in [6, 6.07) is 9.61. The molecule has 100 valence electrons. The fourth-order valence-corrected chi connectivity index (χ4v) is 2.11. The highest BCUT2D eigenvalue weighted by molar-refractivity contribution is 5.31. The van der Waals surface area contributed by atoms with Crippen LogP contribution in [0.25, 0.3) is 0 Å². The number of hydrogen-bond acceptors (Lipinski definition) is 3. The van der Waals surface area contributed by atoms with Gasteiger partial charge in [-0.15, -0.1) is 0 Å². The molecule has 0 amide bonds. The first kappa shape index (κ1) is 13.1. The molecule has 5 heteroatoms. The molecule has 0 aliphatic rings. The molecule has 2 rings (SSSR count). The van der Waals surface area contributed by atoms with Gasteiger partial charge in [0, 0.05) is 20.5 Å². The van der Waals surface area contributed by atoms with E-state index in [9.17, 15) is 9.59 Å². The van der Waals surface area contributed by atoms with E-state index in [0.717, 1.165) is 10.1 Å². The van der Waals surface area contributed by atoms with E-state index < -0.39 is 5.69 Å². The quantitative estimate of drug-likeness (QED) is 0.815. The molecule has 1 heterocycles. The van der Waals surface area contributed by atoms with Crippen LogP contribution in [0.5, 0.6) is 5.88 Å². The molecular weight excluding hydrogens is 244 g/mol. The number of hydrogen-bond donors (Lipinski definition) is 0. The Kier molecular flexibility index (Phi) is 3.55. The van der Waals surface area contributed by atoms with Gasteiger partial charge in [-0.05, 0) is 5.56 Å². The number of ether oxygens (including phenoxy) is 1. The minimum Gasteiger partial charge on any atom is -0.482 e. The van der Waals surface area contributed by atoms with Crippen LogP contribution in [-0.2, 0) is 20.5 Å². The third kappa shape index (κ3) is 2.31. The lowest BCUT2D eigenvalue weighted by Crippen LogP contribution is -2.39. The molecule has 0 saturated heterocycles. The number of methoxy groups -OCH3 is 1. The highest BCUT2D eigenvalue weighted by Gasteiger charge is 2.16. The summed E-state index contributed by atoms with van der Waals surface area (Å²) in [5.41, 5.74) is 0.775. The Morgan fingerprint density at radius 3 is 2.26 bits per heavy atom. The van der Waals surface area contributed by atoms with E-state index in [4.69, 9.17) is 4.74 Å². The Balaban J connectivity index is 2.63. The van der Waals surface area contributed by atoms with Crippen LogP contribution < -0.4 is 16.0 Å². The lowest BCUT2D eigenvalue weighted by Gasteiger charge is -2.13. The zero-order valence-electron chi connectivity index (χ0n) is 11.2. The molecule has 1 aromatic carbocycles. The van der Waals surface area contributed by atoms with E-state index in [1.54, 1.807) is 7.05 Å². The summed E-state index contributed by atoms with van der Waals surface area (Å²) >= 11 is 0. The van der Waals surface area contributed by atoms with Gasteiger partial charge in [0.05, 0.1) is 12.7 Å².